The average Bonchev–Trinajstić information content (AvgIpc) is 3.35. The smallest absolute Gasteiger partial charge is 0.255 e. The summed E-state index contributed by atoms with van der Waals surface area (Å²) in [5, 5.41) is 21.4. The number of amides is 3. The van der Waals surface area contributed by atoms with Crippen LogP contribution in [-0.4, -0.2) is 62.0 Å². The lowest BCUT2D eigenvalue weighted by molar-refractivity contribution is -0.136. The van der Waals surface area contributed by atoms with Crippen LogP contribution in [0.1, 0.15) is 47.3 Å². The molecule has 1 atom stereocenters. The summed E-state index contributed by atoms with van der Waals surface area (Å²) < 4.78 is 6.88. The van der Waals surface area contributed by atoms with Crippen molar-refractivity contribution in [3.63, 3.8) is 0 Å². The van der Waals surface area contributed by atoms with E-state index in [1.807, 2.05) is 6.07 Å². The van der Waals surface area contributed by atoms with Crippen molar-refractivity contribution in [3.8, 4) is 5.69 Å². The van der Waals surface area contributed by atoms with Crippen LogP contribution in [0.4, 0.5) is 0 Å². The van der Waals surface area contributed by atoms with Gasteiger partial charge in [-0.05, 0) is 30.2 Å². The molecule has 3 amide bonds. The predicted octanol–water partition coefficient (Wildman–Crippen LogP) is 0.0263. The standard InChI is InChI=1S/C20H21N5O5/c26-17-4-3-15(18(27)21-17)24-10-12-9-13(1-2-14(12)19(24)28)25-11-16(22-23-25)20(29)5-7-30-8-6-20/h1-2,9,11,15,29H,3-8,10H2,(H,21,26,27). The van der Waals surface area contributed by atoms with Gasteiger partial charge in [0.25, 0.3) is 5.91 Å². The van der Waals surface area contributed by atoms with E-state index in [4.69, 9.17) is 4.74 Å². The number of rotatable bonds is 3. The molecule has 10 heteroatoms. The highest BCUT2D eigenvalue weighted by atomic mass is 16.5. The zero-order chi connectivity index (χ0) is 20.9. The van der Waals surface area contributed by atoms with Gasteiger partial charge in [0.2, 0.25) is 11.8 Å². The summed E-state index contributed by atoms with van der Waals surface area (Å²) in [6.45, 7) is 1.23. The topological polar surface area (TPSA) is 127 Å². The first-order valence-corrected chi connectivity index (χ1v) is 9.95. The van der Waals surface area contributed by atoms with Crippen molar-refractivity contribution in [2.45, 2.75) is 43.9 Å². The second-order valence-electron chi connectivity index (χ2n) is 7.93. The van der Waals surface area contributed by atoms with Gasteiger partial charge in [-0.3, -0.25) is 19.7 Å². The zero-order valence-electron chi connectivity index (χ0n) is 16.2. The molecule has 30 heavy (non-hydrogen) atoms. The molecule has 2 N–H and O–H groups in total. The van der Waals surface area contributed by atoms with Gasteiger partial charge in [-0.15, -0.1) is 5.10 Å². The average molecular weight is 411 g/mol. The Morgan fingerprint density at radius 1 is 1.20 bits per heavy atom. The number of nitrogens with zero attached hydrogens (tertiary/aromatic N) is 4. The van der Waals surface area contributed by atoms with E-state index >= 15 is 0 Å². The van der Waals surface area contributed by atoms with Gasteiger partial charge in [0.1, 0.15) is 17.3 Å². The zero-order valence-corrected chi connectivity index (χ0v) is 16.2. The predicted molar refractivity (Wildman–Crippen MR) is 101 cm³/mol. The molecule has 0 aliphatic carbocycles. The van der Waals surface area contributed by atoms with Crippen LogP contribution in [0.15, 0.2) is 24.4 Å². The van der Waals surface area contributed by atoms with Crippen LogP contribution in [0, 0.1) is 0 Å². The number of piperidine rings is 1. The van der Waals surface area contributed by atoms with E-state index in [0.29, 0.717) is 49.4 Å². The fourth-order valence-corrected chi connectivity index (χ4v) is 4.27. The first kappa shape index (κ1) is 18.9. The molecule has 3 aliphatic rings. The van der Waals surface area contributed by atoms with Gasteiger partial charge in [0.15, 0.2) is 0 Å². The lowest BCUT2D eigenvalue weighted by Crippen LogP contribution is -2.52. The van der Waals surface area contributed by atoms with Crippen LogP contribution in [0.2, 0.25) is 0 Å². The number of carbonyl (C=O) groups excluding carboxylic acids is 3. The number of carbonyl (C=O) groups is 3. The van der Waals surface area contributed by atoms with Crippen molar-refractivity contribution in [1.29, 1.82) is 0 Å². The van der Waals surface area contributed by atoms with Crippen LogP contribution in [0.25, 0.3) is 5.69 Å². The Hall–Kier alpha value is -3.11. The third-order valence-electron chi connectivity index (χ3n) is 6.06. The maximum Gasteiger partial charge on any atom is 0.255 e. The summed E-state index contributed by atoms with van der Waals surface area (Å²) >= 11 is 0. The molecule has 0 spiro atoms. The summed E-state index contributed by atoms with van der Waals surface area (Å²) in [5.74, 6) is -0.962. The number of fused-ring (bicyclic) bond motifs is 1. The third kappa shape index (κ3) is 3.08. The SMILES string of the molecule is O=C1CCC(N2Cc3cc(-n4cc(C5(O)CCOCC5)nn4)ccc3C2=O)C(=O)N1. The number of aliphatic hydroxyl groups is 1. The number of imide groups is 1. The van der Waals surface area contributed by atoms with Crippen LogP contribution in [-0.2, 0) is 26.5 Å². The van der Waals surface area contributed by atoms with Crippen LogP contribution < -0.4 is 5.32 Å². The molecule has 2 fully saturated rings. The highest BCUT2D eigenvalue weighted by Gasteiger charge is 2.39. The van der Waals surface area contributed by atoms with E-state index in [2.05, 4.69) is 15.6 Å². The van der Waals surface area contributed by atoms with Crippen molar-refractivity contribution in [1.82, 2.24) is 25.2 Å². The van der Waals surface area contributed by atoms with E-state index in [9.17, 15) is 19.5 Å². The maximum absolute atomic E-state index is 12.8. The Balaban J connectivity index is 1.39. The third-order valence-corrected chi connectivity index (χ3v) is 6.06. The molecule has 1 aromatic carbocycles. The minimum Gasteiger partial charge on any atom is -0.383 e. The molecule has 4 heterocycles. The van der Waals surface area contributed by atoms with Crippen molar-refractivity contribution < 1.29 is 24.2 Å². The van der Waals surface area contributed by atoms with Crippen molar-refractivity contribution in [3.05, 3.63) is 41.2 Å². The number of hydrogen-bond donors (Lipinski definition) is 2. The van der Waals surface area contributed by atoms with Gasteiger partial charge >= 0.3 is 0 Å². The largest absolute Gasteiger partial charge is 0.383 e. The lowest BCUT2D eigenvalue weighted by atomic mass is 9.91. The highest BCUT2D eigenvalue weighted by molar-refractivity contribution is 6.05. The highest BCUT2D eigenvalue weighted by Crippen LogP contribution is 2.32. The van der Waals surface area contributed by atoms with Crippen LogP contribution in [0.5, 0.6) is 0 Å². The molecule has 2 saturated heterocycles. The van der Waals surface area contributed by atoms with Gasteiger partial charge in [-0.1, -0.05) is 5.21 Å². The number of aromatic nitrogens is 3. The molecule has 1 aromatic heterocycles. The van der Waals surface area contributed by atoms with E-state index < -0.39 is 17.6 Å². The normalized spacial score (nSPS) is 23.4. The fourth-order valence-electron chi connectivity index (χ4n) is 4.27. The van der Waals surface area contributed by atoms with E-state index in [0.717, 1.165) is 5.56 Å². The lowest BCUT2D eigenvalue weighted by Gasteiger charge is -2.29. The van der Waals surface area contributed by atoms with Crippen molar-refractivity contribution >= 4 is 17.7 Å². The Labute approximate surface area is 171 Å². The quantitative estimate of drug-likeness (QED) is 0.682. The van der Waals surface area contributed by atoms with Gasteiger partial charge in [0.05, 0.1) is 11.9 Å². The summed E-state index contributed by atoms with van der Waals surface area (Å²) in [6.07, 6.45) is 3.17. The van der Waals surface area contributed by atoms with Crippen molar-refractivity contribution in [2.75, 3.05) is 13.2 Å². The molecule has 156 valence electrons. The number of nitrogens with one attached hydrogen (secondary N) is 1. The van der Waals surface area contributed by atoms with E-state index in [1.54, 1.807) is 23.0 Å². The fraction of sp³-hybridized carbons (Fsp3) is 0.450. The second-order valence-corrected chi connectivity index (χ2v) is 7.93. The molecule has 3 aliphatic heterocycles. The number of benzene rings is 1. The number of hydrogen-bond acceptors (Lipinski definition) is 7. The molecule has 0 bridgehead atoms. The van der Waals surface area contributed by atoms with Crippen LogP contribution in [0.3, 0.4) is 0 Å². The minimum atomic E-state index is -1.05. The first-order valence-electron chi connectivity index (χ1n) is 9.95. The van der Waals surface area contributed by atoms with E-state index in [1.165, 1.54) is 4.90 Å². The van der Waals surface area contributed by atoms with Gasteiger partial charge in [-0.2, -0.15) is 0 Å². The summed E-state index contributed by atoms with van der Waals surface area (Å²) in [5.41, 5.74) is 1.47. The van der Waals surface area contributed by atoms with Crippen molar-refractivity contribution in [2.24, 2.45) is 0 Å². The Bertz CT molecular complexity index is 1040. The monoisotopic (exact) mass is 411 g/mol. The molecule has 5 rings (SSSR count). The Morgan fingerprint density at radius 2 is 2.00 bits per heavy atom. The maximum atomic E-state index is 12.8. The molecule has 10 nitrogen and oxygen atoms in total. The summed E-state index contributed by atoms with van der Waals surface area (Å²) in [4.78, 5) is 37.9. The molecular formula is C20H21N5O5. The molecule has 2 aromatic rings. The second kappa shape index (κ2) is 6.99. The Kier molecular flexibility index (Phi) is 4.40. The first-order chi connectivity index (χ1) is 14.4. The van der Waals surface area contributed by atoms with Gasteiger partial charge in [-0.25, -0.2) is 4.68 Å². The molecular weight excluding hydrogens is 390 g/mol. The minimum absolute atomic E-state index is 0.220. The summed E-state index contributed by atoms with van der Waals surface area (Å²) in [6, 6.07) is 4.67. The molecule has 0 radical (unpaired) electrons. The van der Waals surface area contributed by atoms with Gasteiger partial charge in [0, 0.05) is 44.6 Å². The van der Waals surface area contributed by atoms with Gasteiger partial charge < -0.3 is 14.7 Å². The summed E-state index contributed by atoms with van der Waals surface area (Å²) in [7, 11) is 0. The Morgan fingerprint density at radius 3 is 2.77 bits per heavy atom. The molecule has 0 saturated carbocycles. The molecule has 1 unspecified atom stereocenters. The van der Waals surface area contributed by atoms with E-state index in [-0.39, 0.29) is 24.8 Å². The number of ether oxygens (including phenoxy) is 1. The van der Waals surface area contributed by atoms with Crippen LogP contribution >= 0.6 is 0 Å².